The average molecular weight is 354 g/mol. The molecule has 2 aliphatic heterocycles. The van der Waals surface area contributed by atoms with Crippen molar-refractivity contribution in [3.8, 4) is 11.5 Å². The van der Waals surface area contributed by atoms with Crippen molar-refractivity contribution in [2.75, 3.05) is 26.3 Å². The molecule has 6 heteroatoms. The lowest BCUT2D eigenvalue weighted by Crippen LogP contribution is -2.35. The van der Waals surface area contributed by atoms with Crippen LogP contribution in [0.25, 0.3) is 0 Å². The second-order valence-electron chi connectivity index (χ2n) is 6.96. The topological polar surface area (TPSA) is 59.5 Å². The van der Waals surface area contributed by atoms with Crippen molar-refractivity contribution in [2.45, 2.75) is 38.4 Å². The highest BCUT2D eigenvalue weighted by atomic mass is 16.6. The summed E-state index contributed by atoms with van der Waals surface area (Å²) in [6.07, 6.45) is 9.01. The number of hydrogen-bond donors (Lipinski definition) is 1. The molecule has 1 fully saturated rings. The molecule has 0 unspecified atom stereocenters. The normalized spacial score (nSPS) is 20.0. The smallest absolute Gasteiger partial charge is 0.161 e. The molecule has 0 aliphatic carbocycles. The molecule has 1 aromatic carbocycles. The Morgan fingerprint density at radius 2 is 1.77 bits per heavy atom. The standard InChI is InChI=1S/C20H26N4O2/c1-2-18(5-7-21-6-1)24(14-17-11-22-15-23-12-17)13-16-3-4-19-20(10-16)26-9-8-25-19/h3-4,10-12,15,18,21H,1-2,5-9,13-14H2/t18-/m0/s1. The van der Waals surface area contributed by atoms with E-state index in [0.29, 0.717) is 19.3 Å². The summed E-state index contributed by atoms with van der Waals surface area (Å²) in [7, 11) is 0. The maximum Gasteiger partial charge on any atom is 0.161 e. The first-order valence-electron chi connectivity index (χ1n) is 9.46. The molecule has 1 atom stereocenters. The summed E-state index contributed by atoms with van der Waals surface area (Å²) in [5.41, 5.74) is 2.41. The molecule has 4 rings (SSSR count). The monoisotopic (exact) mass is 354 g/mol. The number of benzene rings is 1. The second kappa shape index (κ2) is 8.47. The molecule has 26 heavy (non-hydrogen) atoms. The van der Waals surface area contributed by atoms with Crippen LogP contribution in [0.3, 0.4) is 0 Å². The van der Waals surface area contributed by atoms with Crippen molar-refractivity contribution < 1.29 is 9.47 Å². The fourth-order valence-corrected chi connectivity index (χ4v) is 3.75. The third-order valence-electron chi connectivity index (χ3n) is 5.05. The van der Waals surface area contributed by atoms with E-state index in [1.54, 1.807) is 6.33 Å². The van der Waals surface area contributed by atoms with Gasteiger partial charge in [0.25, 0.3) is 0 Å². The van der Waals surface area contributed by atoms with E-state index in [9.17, 15) is 0 Å². The molecule has 6 nitrogen and oxygen atoms in total. The van der Waals surface area contributed by atoms with Crippen molar-refractivity contribution in [1.29, 1.82) is 0 Å². The Bertz CT molecular complexity index is 702. The first-order chi connectivity index (χ1) is 12.9. The van der Waals surface area contributed by atoms with Crippen LogP contribution in [0, 0.1) is 0 Å². The van der Waals surface area contributed by atoms with Crippen molar-refractivity contribution in [3.63, 3.8) is 0 Å². The first kappa shape index (κ1) is 17.2. The average Bonchev–Trinajstić information content (AvgIpc) is 2.98. The van der Waals surface area contributed by atoms with Gasteiger partial charge in [0.1, 0.15) is 19.5 Å². The zero-order valence-corrected chi connectivity index (χ0v) is 15.1. The lowest BCUT2D eigenvalue weighted by molar-refractivity contribution is 0.160. The number of aromatic nitrogens is 2. The summed E-state index contributed by atoms with van der Waals surface area (Å²) in [6.45, 7) is 5.18. The fraction of sp³-hybridized carbons (Fsp3) is 0.500. The van der Waals surface area contributed by atoms with Crippen molar-refractivity contribution >= 4 is 0 Å². The molecule has 0 radical (unpaired) electrons. The minimum atomic E-state index is 0.554. The maximum atomic E-state index is 5.76. The number of nitrogens with zero attached hydrogens (tertiary/aromatic N) is 3. The van der Waals surface area contributed by atoms with Crippen LogP contribution in [0.2, 0.25) is 0 Å². The van der Waals surface area contributed by atoms with Gasteiger partial charge in [0.2, 0.25) is 0 Å². The van der Waals surface area contributed by atoms with Crippen molar-refractivity contribution in [1.82, 2.24) is 20.2 Å². The quantitative estimate of drug-likeness (QED) is 0.890. The van der Waals surface area contributed by atoms with Crippen LogP contribution >= 0.6 is 0 Å². The second-order valence-corrected chi connectivity index (χ2v) is 6.96. The Morgan fingerprint density at radius 3 is 2.65 bits per heavy atom. The zero-order chi connectivity index (χ0) is 17.6. The van der Waals surface area contributed by atoms with Gasteiger partial charge in [0.05, 0.1) is 0 Å². The molecule has 0 spiro atoms. The van der Waals surface area contributed by atoms with E-state index in [-0.39, 0.29) is 0 Å². The van der Waals surface area contributed by atoms with Crippen molar-refractivity contribution in [3.05, 3.63) is 48.0 Å². The van der Waals surface area contributed by atoms with Crippen LogP contribution in [-0.4, -0.2) is 47.2 Å². The largest absolute Gasteiger partial charge is 0.486 e. The minimum absolute atomic E-state index is 0.554. The van der Waals surface area contributed by atoms with E-state index in [4.69, 9.17) is 9.47 Å². The predicted molar refractivity (Wildman–Crippen MR) is 99.2 cm³/mol. The molecule has 0 amide bonds. The summed E-state index contributed by atoms with van der Waals surface area (Å²) in [5, 5.41) is 3.51. The van der Waals surface area contributed by atoms with Gasteiger partial charge in [-0.2, -0.15) is 0 Å². The minimum Gasteiger partial charge on any atom is -0.486 e. The molecule has 2 aliphatic rings. The van der Waals surface area contributed by atoms with Gasteiger partial charge in [-0.1, -0.05) is 6.07 Å². The van der Waals surface area contributed by atoms with E-state index in [0.717, 1.165) is 49.7 Å². The number of hydrogen-bond acceptors (Lipinski definition) is 6. The van der Waals surface area contributed by atoms with Crippen LogP contribution in [-0.2, 0) is 13.1 Å². The molecule has 138 valence electrons. The summed E-state index contributed by atoms with van der Waals surface area (Å²) in [6, 6.07) is 6.86. The van der Waals surface area contributed by atoms with Crippen LogP contribution in [0.15, 0.2) is 36.9 Å². The maximum absolute atomic E-state index is 5.76. The molecular weight excluding hydrogens is 328 g/mol. The zero-order valence-electron chi connectivity index (χ0n) is 15.1. The van der Waals surface area contributed by atoms with Gasteiger partial charge >= 0.3 is 0 Å². The van der Waals surface area contributed by atoms with Gasteiger partial charge < -0.3 is 14.8 Å². The predicted octanol–water partition coefficient (Wildman–Crippen LogP) is 2.39. The first-order valence-corrected chi connectivity index (χ1v) is 9.46. The van der Waals surface area contributed by atoms with Crippen molar-refractivity contribution in [2.24, 2.45) is 0 Å². The van der Waals surface area contributed by atoms with Gasteiger partial charge in [-0.3, -0.25) is 4.90 Å². The van der Waals surface area contributed by atoms with Crippen LogP contribution in [0.5, 0.6) is 11.5 Å². The Morgan fingerprint density at radius 1 is 0.962 bits per heavy atom. The Balaban J connectivity index is 1.53. The van der Waals surface area contributed by atoms with Crippen LogP contribution < -0.4 is 14.8 Å². The van der Waals surface area contributed by atoms with E-state index >= 15 is 0 Å². The van der Waals surface area contributed by atoms with E-state index in [2.05, 4.69) is 32.3 Å². The third kappa shape index (κ3) is 4.31. The van der Waals surface area contributed by atoms with Gasteiger partial charge in [0, 0.05) is 37.1 Å². The van der Waals surface area contributed by atoms with Gasteiger partial charge in [-0.15, -0.1) is 0 Å². The summed E-state index contributed by atoms with van der Waals surface area (Å²) in [4.78, 5) is 10.9. The Labute approximate surface area is 154 Å². The Kier molecular flexibility index (Phi) is 5.62. The number of rotatable bonds is 5. The summed E-state index contributed by atoms with van der Waals surface area (Å²) in [5.74, 6) is 1.71. The van der Waals surface area contributed by atoms with E-state index < -0.39 is 0 Å². The molecule has 0 saturated carbocycles. The molecule has 1 N–H and O–H groups in total. The highest BCUT2D eigenvalue weighted by Crippen LogP contribution is 2.31. The van der Waals surface area contributed by atoms with Gasteiger partial charge in [0.15, 0.2) is 11.5 Å². The van der Waals surface area contributed by atoms with Gasteiger partial charge in [-0.05, 0) is 50.0 Å². The summed E-state index contributed by atoms with van der Waals surface area (Å²) >= 11 is 0. The molecule has 1 aromatic heterocycles. The third-order valence-corrected chi connectivity index (χ3v) is 5.05. The van der Waals surface area contributed by atoms with Crippen LogP contribution in [0.1, 0.15) is 30.4 Å². The molecule has 0 bridgehead atoms. The van der Waals surface area contributed by atoms with Crippen LogP contribution in [0.4, 0.5) is 0 Å². The number of nitrogens with one attached hydrogen (secondary N) is 1. The van der Waals surface area contributed by atoms with E-state index in [1.165, 1.54) is 18.4 Å². The molecule has 1 saturated heterocycles. The molecule has 2 aromatic rings. The fourth-order valence-electron chi connectivity index (χ4n) is 3.75. The molecular formula is C20H26N4O2. The summed E-state index contributed by atoms with van der Waals surface area (Å²) < 4.78 is 11.4. The highest BCUT2D eigenvalue weighted by Gasteiger charge is 2.22. The molecule has 3 heterocycles. The van der Waals surface area contributed by atoms with E-state index in [1.807, 2.05) is 18.5 Å². The lowest BCUT2D eigenvalue weighted by atomic mass is 10.0. The highest BCUT2D eigenvalue weighted by molar-refractivity contribution is 5.43. The lowest BCUT2D eigenvalue weighted by Gasteiger charge is -2.31. The van der Waals surface area contributed by atoms with Gasteiger partial charge in [-0.25, -0.2) is 9.97 Å². The number of fused-ring (bicyclic) bond motifs is 1. The SMILES string of the molecule is c1ncc(CN(Cc2ccc3c(c2)OCCO3)[C@H]2CCCNCC2)cn1. The Hall–Kier alpha value is -2.18. The number of ether oxygens (including phenoxy) is 2.